The van der Waals surface area contributed by atoms with E-state index in [1.54, 1.807) is 25.1 Å². The number of fused-ring (bicyclic) bond motifs is 1. The molecule has 0 aliphatic rings. The van der Waals surface area contributed by atoms with Crippen LogP contribution in [0, 0.1) is 13.8 Å². The molecule has 0 unspecified atom stereocenters. The van der Waals surface area contributed by atoms with Crippen LogP contribution in [0.5, 0.6) is 0 Å². The summed E-state index contributed by atoms with van der Waals surface area (Å²) in [5.74, 6) is -0.166. The van der Waals surface area contributed by atoms with Crippen molar-refractivity contribution in [2.45, 2.75) is 18.7 Å². The molecule has 2 aromatic heterocycles. The summed E-state index contributed by atoms with van der Waals surface area (Å²) in [6.45, 7) is 3.74. The molecule has 0 bridgehead atoms. The van der Waals surface area contributed by atoms with Crippen LogP contribution in [0.2, 0.25) is 5.02 Å². The highest BCUT2D eigenvalue weighted by molar-refractivity contribution is 7.90. The predicted molar refractivity (Wildman–Crippen MR) is 119 cm³/mol. The molecule has 1 amide bonds. The average Bonchev–Trinajstić information content (AvgIpc) is 3.28. The summed E-state index contributed by atoms with van der Waals surface area (Å²) in [7, 11) is -3.56. The van der Waals surface area contributed by atoms with Gasteiger partial charge in [-0.3, -0.25) is 4.79 Å². The van der Waals surface area contributed by atoms with Crippen LogP contribution in [0.25, 0.3) is 15.3 Å². The summed E-state index contributed by atoms with van der Waals surface area (Å²) < 4.78 is 26.5. The number of aromatic nitrogens is 3. The first-order chi connectivity index (χ1) is 14.1. The van der Waals surface area contributed by atoms with Crippen molar-refractivity contribution < 1.29 is 13.2 Å². The molecule has 0 spiro atoms. The number of benzene rings is 2. The Morgan fingerprint density at radius 3 is 2.60 bits per heavy atom. The van der Waals surface area contributed by atoms with E-state index in [0.717, 1.165) is 22.0 Å². The maximum atomic E-state index is 12.9. The molecule has 0 aliphatic heterocycles. The molecule has 0 atom stereocenters. The van der Waals surface area contributed by atoms with E-state index in [1.165, 1.54) is 28.2 Å². The molecule has 0 radical (unpaired) electrons. The molecule has 0 saturated carbocycles. The van der Waals surface area contributed by atoms with Crippen LogP contribution in [-0.4, -0.2) is 35.3 Å². The fraction of sp³-hybridized carbons (Fsp3) is 0.150. The van der Waals surface area contributed by atoms with Gasteiger partial charge >= 0.3 is 0 Å². The van der Waals surface area contributed by atoms with Crippen molar-refractivity contribution in [2.24, 2.45) is 0 Å². The van der Waals surface area contributed by atoms with Crippen LogP contribution < -0.4 is 5.32 Å². The van der Waals surface area contributed by atoms with E-state index in [9.17, 15) is 13.2 Å². The monoisotopic (exact) mass is 460 g/mol. The highest BCUT2D eigenvalue weighted by atomic mass is 35.5. The third-order valence-corrected chi connectivity index (χ3v) is 7.12. The smallest absolute Gasteiger partial charge is 0.258 e. The molecule has 2 heterocycles. The van der Waals surface area contributed by atoms with Crippen LogP contribution in [0.1, 0.15) is 21.6 Å². The van der Waals surface area contributed by atoms with Gasteiger partial charge in [0.1, 0.15) is 5.82 Å². The Kier molecular flexibility index (Phi) is 5.13. The number of sulfone groups is 1. The van der Waals surface area contributed by atoms with Crippen molar-refractivity contribution in [2.75, 3.05) is 11.6 Å². The SMILES string of the molecule is Cc1cc(NC(=O)c2ccccc2S(C)(=O)=O)n(-c2nc3c(C)ccc(Cl)c3s2)n1. The zero-order valence-electron chi connectivity index (χ0n) is 16.3. The molecule has 30 heavy (non-hydrogen) atoms. The number of thiazole rings is 1. The van der Waals surface area contributed by atoms with Crippen molar-refractivity contribution in [1.29, 1.82) is 0 Å². The summed E-state index contributed by atoms with van der Waals surface area (Å²) >= 11 is 7.67. The lowest BCUT2D eigenvalue weighted by Gasteiger charge is -2.09. The lowest BCUT2D eigenvalue weighted by Crippen LogP contribution is -2.18. The molecule has 0 saturated heterocycles. The molecular weight excluding hydrogens is 444 g/mol. The second kappa shape index (κ2) is 7.50. The fourth-order valence-corrected chi connectivity index (χ4v) is 5.25. The lowest BCUT2D eigenvalue weighted by atomic mass is 10.2. The van der Waals surface area contributed by atoms with Crippen molar-refractivity contribution in [3.63, 3.8) is 0 Å². The van der Waals surface area contributed by atoms with E-state index in [1.807, 2.05) is 19.1 Å². The van der Waals surface area contributed by atoms with Crippen LogP contribution in [0.4, 0.5) is 5.82 Å². The number of anilines is 1. The van der Waals surface area contributed by atoms with Crippen molar-refractivity contribution >= 4 is 54.7 Å². The summed E-state index contributed by atoms with van der Waals surface area (Å²) in [4.78, 5) is 17.5. The minimum absolute atomic E-state index is 0.0346. The number of hydrogen-bond donors (Lipinski definition) is 1. The van der Waals surface area contributed by atoms with E-state index in [0.29, 0.717) is 21.7 Å². The molecule has 10 heteroatoms. The molecule has 0 aliphatic carbocycles. The van der Waals surface area contributed by atoms with E-state index in [-0.39, 0.29) is 10.5 Å². The van der Waals surface area contributed by atoms with Gasteiger partial charge in [0.25, 0.3) is 5.91 Å². The number of nitrogens with one attached hydrogen (secondary N) is 1. The van der Waals surface area contributed by atoms with Gasteiger partial charge in [-0.1, -0.05) is 41.1 Å². The van der Waals surface area contributed by atoms with Gasteiger partial charge in [0.05, 0.1) is 31.4 Å². The summed E-state index contributed by atoms with van der Waals surface area (Å²) in [5, 5.41) is 8.34. The van der Waals surface area contributed by atoms with Crippen molar-refractivity contribution in [3.8, 4) is 5.13 Å². The minimum Gasteiger partial charge on any atom is -0.306 e. The van der Waals surface area contributed by atoms with Crippen LogP contribution in [0.3, 0.4) is 0 Å². The van der Waals surface area contributed by atoms with Crippen LogP contribution >= 0.6 is 22.9 Å². The molecule has 1 N–H and O–H groups in total. The number of halogens is 1. The second-order valence-corrected chi connectivity index (χ2v) is 10.2. The second-order valence-electron chi connectivity index (χ2n) is 6.84. The predicted octanol–water partition coefficient (Wildman–Crippen LogP) is 4.41. The molecule has 4 rings (SSSR count). The van der Waals surface area contributed by atoms with Crippen LogP contribution in [0.15, 0.2) is 47.4 Å². The maximum absolute atomic E-state index is 12.9. The van der Waals surface area contributed by atoms with E-state index in [2.05, 4.69) is 15.4 Å². The normalized spacial score (nSPS) is 11.7. The first-order valence-electron chi connectivity index (χ1n) is 8.88. The Bertz CT molecular complexity index is 1370. The standard InChI is InChI=1S/C20H17ClN4O3S2/c1-11-8-9-14(21)18-17(11)23-20(29-18)25-16(10-12(2)24-25)22-19(26)13-6-4-5-7-15(13)30(3,27)28/h4-10H,1-3H3,(H,22,26). The summed E-state index contributed by atoms with van der Waals surface area (Å²) in [6, 6.07) is 11.5. The van der Waals surface area contributed by atoms with Gasteiger partial charge in [-0.2, -0.15) is 9.78 Å². The number of nitrogens with zero attached hydrogens (tertiary/aromatic N) is 3. The maximum Gasteiger partial charge on any atom is 0.258 e. The number of aryl methyl sites for hydroxylation is 2. The fourth-order valence-electron chi connectivity index (χ4n) is 3.08. The Morgan fingerprint density at radius 2 is 1.90 bits per heavy atom. The summed E-state index contributed by atoms with van der Waals surface area (Å²) in [5.41, 5.74) is 2.49. The zero-order chi connectivity index (χ0) is 21.6. The van der Waals surface area contributed by atoms with Gasteiger partial charge in [0, 0.05) is 12.3 Å². The quantitative estimate of drug-likeness (QED) is 0.487. The topological polar surface area (TPSA) is 94.0 Å². The highest BCUT2D eigenvalue weighted by Gasteiger charge is 2.21. The Balaban J connectivity index is 1.77. The first kappa shape index (κ1) is 20.5. The third-order valence-electron chi connectivity index (χ3n) is 4.47. The van der Waals surface area contributed by atoms with Gasteiger partial charge in [0.2, 0.25) is 5.13 Å². The van der Waals surface area contributed by atoms with Gasteiger partial charge in [-0.15, -0.1) is 0 Å². The number of rotatable bonds is 4. The molecule has 4 aromatic rings. The van der Waals surface area contributed by atoms with Gasteiger partial charge in [0.15, 0.2) is 9.84 Å². The van der Waals surface area contributed by atoms with Crippen LogP contribution in [-0.2, 0) is 9.84 Å². The molecule has 2 aromatic carbocycles. The number of carbonyl (C=O) groups excluding carboxylic acids is 1. The zero-order valence-corrected chi connectivity index (χ0v) is 18.7. The number of amides is 1. The van der Waals surface area contributed by atoms with Gasteiger partial charge in [-0.05, 0) is 37.6 Å². The van der Waals surface area contributed by atoms with E-state index >= 15 is 0 Å². The Morgan fingerprint density at radius 1 is 1.17 bits per heavy atom. The Labute approximate surface area is 182 Å². The molecule has 0 fully saturated rings. The van der Waals surface area contributed by atoms with E-state index < -0.39 is 15.7 Å². The number of carbonyl (C=O) groups is 1. The van der Waals surface area contributed by atoms with Gasteiger partial charge < -0.3 is 5.32 Å². The molecule has 7 nitrogen and oxygen atoms in total. The third kappa shape index (κ3) is 3.71. The molecule has 154 valence electrons. The average molecular weight is 461 g/mol. The van der Waals surface area contributed by atoms with E-state index in [4.69, 9.17) is 11.6 Å². The van der Waals surface area contributed by atoms with Gasteiger partial charge in [-0.25, -0.2) is 13.4 Å². The molecular formula is C20H17ClN4O3S2. The lowest BCUT2D eigenvalue weighted by molar-refractivity contribution is 0.102. The highest BCUT2D eigenvalue weighted by Crippen LogP contribution is 2.34. The van der Waals surface area contributed by atoms with Crippen molar-refractivity contribution in [1.82, 2.24) is 14.8 Å². The largest absolute Gasteiger partial charge is 0.306 e. The van der Waals surface area contributed by atoms with Crippen molar-refractivity contribution in [3.05, 3.63) is 64.3 Å². The number of hydrogen-bond acceptors (Lipinski definition) is 6. The first-order valence-corrected chi connectivity index (χ1v) is 12.0. The Hall–Kier alpha value is -2.75. The minimum atomic E-state index is -3.56. The summed E-state index contributed by atoms with van der Waals surface area (Å²) in [6.07, 6.45) is 1.07.